The minimum atomic E-state index is -0.250. The Morgan fingerprint density at radius 2 is 2.35 bits per heavy atom. The van der Waals surface area contributed by atoms with E-state index >= 15 is 0 Å². The Morgan fingerprint density at radius 1 is 1.55 bits per heavy atom. The SMILES string of the molecule is CCCn1nncc1C(N)C1(OCC)CCCC(C)C1. The van der Waals surface area contributed by atoms with E-state index in [-0.39, 0.29) is 11.6 Å². The van der Waals surface area contributed by atoms with Gasteiger partial charge >= 0.3 is 0 Å². The standard InChI is InChI=1S/C15H28N4O/c1-4-9-19-13(11-17-18-19)14(16)15(20-5-2)8-6-7-12(3)10-15/h11-12,14H,4-10,16H2,1-3H3. The first kappa shape index (κ1) is 15.4. The van der Waals surface area contributed by atoms with Crippen molar-refractivity contribution in [3.63, 3.8) is 0 Å². The molecule has 20 heavy (non-hydrogen) atoms. The van der Waals surface area contributed by atoms with Crippen molar-refractivity contribution < 1.29 is 4.74 Å². The van der Waals surface area contributed by atoms with Crippen LogP contribution in [0.15, 0.2) is 6.20 Å². The maximum atomic E-state index is 6.60. The topological polar surface area (TPSA) is 66.0 Å². The number of aryl methyl sites for hydroxylation is 1. The molecule has 2 rings (SSSR count). The summed E-state index contributed by atoms with van der Waals surface area (Å²) in [6.07, 6.45) is 7.35. The van der Waals surface area contributed by atoms with Gasteiger partial charge in [0.25, 0.3) is 0 Å². The molecule has 1 aliphatic rings. The number of hydrogen-bond acceptors (Lipinski definition) is 4. The molecule has 0 saturated heterocycles. The monoisotopic (exact) mass is 280 g/mol. The molecule has 0 aromatic carbocycles. The summed E-state index contributed by atoms with van der Waals surface area (Å²) in [6.45, 7) is 8.05. The smallest absolute Gasteiger partial charge is 0.0892 e. The van der Waals surface area contributed by atoms with Crippen molar-refractivity contribution in [2.45, 2.75) is 71.1 Å². The van der Waals surface area contributed by atoms with Crippen LogP contribution in [-0.4, -0.2) is 27.2 Å². The van der Waals surface area contributed by atoms with Gasteiger partial charge in [-0.2, -0.15) is 0 Å². The van der Waals surface area contributed by atoms with E-state index < -0.39 is 0 Å². The molecule has 0 bridgehead atoms. The van der Waals surface area contributed by atoms with E-state index in [0.717, 1.165) is 31.5 Å². The zero-order valence-corrected chi connectivity index (χ0v) is 13.0. The van der Waals surface area contributed by atoms with Crippen LogP contribution in [-0.2, 0) is 11.3 Å². The molecule has 1 aromatic heterocycles. The number of nitrogens with zero attached hydrogens (tertiary/aromatic N) is 3. The first-order valence-electron chi connectivity index (χ1n) is 7.91. The number of aromatic nitrogens is 3. The molecule has 0 spiro atoms. The summed E-state index contributed by atoms with van der Waals surface area (Å²) in [4.78, 5) is 0. The van der Waals surface area contributed by atoms with Gasteiger partial charge < -0.3 is 10.5 Å². The quantitative estimate of drug-likeness (QED) is 0.870. The summed E-state index contributed by atoms with van der Waals surface area (Å²) in [6, 6.07) is -0.147. The number of nitrogens with two attached hydrogens (primary N) is 1. The number of rotatable bonds is 6. The van der Waals surface area contributed by atoms with E-state index in [2.05, 4.69) is 31.1 Å². The van der Waals surface area contributed by atoms with Gasteiger partial charge in [0, 0.05) is 13.2 Å². The lowest BCUT2D eigenvalue weighted by atomic mass is 9.74. The van der Waals surface area contributed by atoms with Crippen LogP contribution in [0.3, 0.4) is 0 Å². The van der Waals surface area contributed by atoms with Crippen LogP contribution in [0.2, 0.25) is 0 Å². The molecule has 2 N–H and O–H groups in total. The Labute approximate surface area is 121 Å². The fraction of sp³-hybridized carbons (Fsp3) is 0.867. The first-order valence-corrected chi connectivity index (χ1v) is 7.91. The fourth-order valence-corrected chi connectivity index (χ4v) is 3.50. The van der Waals surface area contributed by atoms with Gasteiger partial charge in [-0.1, -0.05) is 31.9 Å². The van der Waals surface area contributed by atoms with E-state index in [9.17, 15) is 0 Å². The molecule has 1 heterocycles. The molecule has 0 radical (unpaired) electrons. The summed E-state index contributed by atoms with van der Waals surface area (Å²) >= 11 is 0. The first-order chi connectivity index (χ1) is 9.63. The highest BCUT2D eigenvalue weighted by Gasteiger charge is 2.43. The summed E-state index contributed by atoms with van der Waals surface area (Å²) < 4.78 is 8.10. The Balaban J connectivity index is 2.25. The van der Waals surface area contributed by atoms with Crippen molar-refractivity contribution >= 4 is 0 Å². The van der Waals surface area contributed by atoms with E-state index in [1.165, 1.54) is 12.8 Å². The molecule has 5 nitrogen and oxygen atoms in total. The Morgan fingerprint density at radius 3 is 3.00 bits per heavy atom. The third-order valence-electron chi connectivity index (χ3n) is 4.39. The Bertz CT molecular complexity index is 416. The van der Waals surface area contributed by atoms with Crippen molar-refractivity contribution in [1.29, 1.82) is 0 Å². The van der Waals surface area contributed by atoms with E-state index in [1.807, 2.05) is 4.68 Å². The van der Waals surface area contributed by atoms with Crippen LogP contribution < -0.4 is 5.73 Å². The van der Waals surface area contributed by atoms with Crippen molar-refractivity contribution in [1.82, 2.24) is 15.0 Å². The average molecular weight is 280 g/mol. The molecule has 1 aromatic rings. The molecule has 3 unspecified atom stereocenters. The molecule has 1 fully saturated rings. The summed E-state index contributed by atoms with van der Waals surface area (Å²) in [5.74, 6) is 0.664. The lowest BCUT2D eigenvalue weighted by Crippen LogP contribution is -2.48. The highest BCUT2D eigenvalue weighted by molar-refractivity contribution is 5.11. The second-order valence-electron chi connectivity index (χ2n) is 6.06. The molecule has 1 saturated carbocycles. The highest BCUT2D eigenvalue weighted by Crippen LogP contribution is 2.42. The molecular weight excluding hydrogens is 252 g/mol. The van der Waals surface area contributed by atoms with Gasteiger partial charge in [0.05, 0.1) is 23.5 Å². The molecule has 3 atom stereocenters. The van der Waals surface area contributed by atoms with Crippen LogP contribution in [0.4, 0.5) is 0 Å². The third-order valence-corrected chi connectivity index (χ3v) is 4.39. The lowest BCUT2D eigenvalue weighted by molar-refractivity contribution is -0.0953. The predicted molar refractivity (Wildman–Crippen MR) is 79.2 cm³/mol. The van der Waals surface area contributed by atoms with Crippen LogP contribution >= 0.6 is 0 Å². The minimum absolute atomic E-state index is 0.147. The molecule has 0 amide bonds. The maximum absolute atomic E-state index is 6.60. The van der Waals surface area contributed by atoms with Crippen molar-refractivity contribution in [2.24, 2.45) is 11.7 Å². The van der Waals surface area contributed by atoms with Crippen molar-refractivity contribution in [3.8, 4) is 0 Å². The van der Waals surface area contributed by atoms with Gasteiger partial charge in [0.2, 0.25) is 0 Å². The van der Waals surface area contributed by atoms with Gasteiger partial charge in [-0.25, -0.2) is 4.68 Å². The van der Waals surface area contributed by atoms with Gasteiger partial charge in [-0.15, -0.1) is 5.10 Å². The second-order valence-corrected chi connectivity index (χ2v) is 6.06. The van der Waals surface area contributed by atoms with Crippen LogP contribution in [0.5, 0.6) is 0 Å². The second kappa shape index (κ2) is 6.68. The van der Waals surface area contributed by atoms with Gasteiger partial charge in [-0.05, 0) is 32.1 Å². The summed E-state index contributed by atoms with van der Waals surface area (Å²) in [5.41, 5.74) is 7.36. The normalized spacial score (nSPS) is 28.5. The van der Waals surface area contributed by atoms with Crippen molar-refractivity contribution in [2.75, 3.05) is 6.61 Å². The van der Waals surface area contributed by atoms with Gasteiger partial charge in [0.15, 0.2) is 0 Å². The molecule has 0 aliphatic heterocycles. The van der Waals surface area contributed by atoms with E-state index in [4.69, 9.17) is 10.5 Å². The predicted octanol–water partition coefficient (Wildman–Crippen LogP) is 2.67. The average Bonchev–Trinajstić information content (AvgIpc) is 2.87. The Kier molecular flexibility index (Phi) is 5.16. The molecule has 5 heteroatoms. The largest absolute Gasteiger partial charge is 0.373 e. The lowest BCUT2D eigenvalue weighted by Gasteiger charge is -2.43. The number of ether oxygens (including phenoxy) is 1. The van der Waals surface area contributed by atoms with E-state index in [0.29, 0.717) is 12.5 Å². The molecular formula is C15H28N4O. The molecule has 1 aliphatic carbocycles. The van der Waals surface area contributed by atoms with Crippen LogP contribution in [0.1, 0.15) is 64.6 Å². The van der Waals surface area contributed by atoms with Gasteiger partial charge in [0.1, 0.15) is 0 Å². The van der Waals surface area contributed by atoms with Crippen LogP contribution in [0.25, 0.3) is 0 Å². The molecule has 114 valence electrons. The highest BCUT2D eigenvalue weighted by atomic mass is 16.5. The van der Waals surface area contributed by atoms with Gasteiger partial charge in [-0.3, -0.25) is 0 Å². The Hall–Kier alpha value is -0.940. The van der Waals surface area contributed by atoms with E-state index in [1.54, 1.807) is 6.20 Å². The van der Waals surface area contributed by atoms with Crippen LogP contribution in [0, 0.1) is 5.92 Å². The third kappa shape index (κ3) is 3.04. The fourth-order valence-electron chi connectivity index (χ4n) is 3.50. The zero-order valence-electron chi connectivity index (χ0n) is 13.0. The zero-order chi connectivity index (χ0) is 14.6. The maximum Gasteiger partial charge on any atom is 0.0892 e. The number of hydrogen-bond donors (Lipinski definition) is 1. The summed E-state index contributed by atoms with van der Waals surface area (Å²) in [5, 5.41) is 8.21. The summed E-state index contributed by atoms with van der Waals surface area (Å²) in [7, 11) is 0. The minimum Gasteiger partial charge on any atom is -0.373 e. The van der Waals surface area contributed by atoms with Crippen molar-refractivity contribution in [3.05, 3.63) is 11.9 Å².